The maximum Gasteiger partial charge on any atom is 0.420 e. The van der Waals surface area contributed by atoms with Gasteiger partial charge in [0.15, 0.2) is 14.9 Å². The second-order valence-electron chi connectivity index (χ2n) is 8.10. The molecule has 0 aliphatic carbocycles. The van der Waals surface area contributed by atoms with Crippen molar-refractivity contribution in [1.82, 2.24) is 9.47 Å². The third-order valence-electron chi connectivity index (χ3n) is 4.37. The van der Waals surface area contributed by atoms with Gasteiger partial charge in [0, 0.05) is 36.5 Å². The van der Waals surface area contributed by atoms with Crippen molar-refractivity contribution in [3.05, 3.63) is 28.8 Å². The molecule has 0 aliphatic rings. The summed E-state index contributed by atoms with van der Waals surface area (Å²) in [4.78, 5) is 37.2. The normalized spacial score (nSPS) is 12.1. The fourth-order valence-electron chi connectivity index (χ4n) is 2.94. The van der Waals surface area contributed by atoms with Crippen molar-refractivity contribution < 1.29 is 32.6 Å². The van der Waals surface area contributed by atoms with Gasteiger partial charge < -0.3 is 14.7 Å². The lowest BCUT2D eigenvalue weighted by atomic mass is 10.1. The number of carbonyl (C=O) groups excluding carboxylic acids is 2. The Bertz CT molecular complexity index is 1150. The zero-order valence-corrected chi connectivity index (χ0v) is 19.5. The first-order valence-electron chi connectivity index (χ1n) is 9.36. The molecule has 1 aromatic heterocycles. The molecule has 0 radical (unpaired) electrons. The summed E-state index contributed by atoms with van der Waals surface area (Å²) in [6.07, 6.45) is -1.59. The summed E-state index contributed by atoms with van der Waals surface area (Å²) in [5, 5.41) is 9.23. The van der Waals surface area contributed by atoms with Crippen LogP contribution in [0.25, 0.3) is 10.9 Å². The molecule has 0 fully saturated rings. The van der Waals surface area contributed by atoms with Crippen LogP contribution in [0.4, 0.5) is 4.79 Å². The van der Waals surface area contributed by atoms with E-state index in [0.29, 0.717) is 10.4 Å². The van der Waals surface area contributed by atoms with Gasteiger partial charge in [0.1, 0.15) is 5.60 Å². The monoisotopic (exact) mass is 472 g/mol. The molecule has 2 aromatic rings. The van der Waals surface area contributed by atoms with Crippen molar-refractivity contribution >= 4 is 50.3 Å². The highest BCUT2D eigenvalue weighted by molar-refractivity contribution is 7.91. The number of sulfone groups is 1. The number of carboxylic acid groups (broad SMARTS) is 1. The number of ether oxygens (including phenoxy) is 1. The number of benzene rings is 1. The Morgan fingerprint density at radius 1 is 1.23 bits per heavy atom. The Labute approximate surface area is 185 Å². The number of fused-ring (bicyclic) bond motifs is 1. The summed E-state index contributed by atoms with van der Waals surface area (Å²) in [7, 11) is -2.78. The standard InChI is InChI=1S/C20H25ClN2O7S/c1-12(24)22(5)11-15-14-10-13(21)6-7-16(14)23(19(27)30-20(2,3)4)18(15)31(28,29)9-8-17(25)26/h6-7,10H,8-9,11H2,1-5H3,(H,25,26). The minimum Gasteiger partial charge on any atom is -0.481 e. The van der Waals surface area contributed by atoms with E-state index in [1.807, 2.05) is 0 Å². The first-order chi connectivity index (χ1) is 14.1. The van der Waals surface area contributed by atoms with Crippen molar-refractivity contribution in [2.24, 2.45) is 0 Å². The molecule has 1 N–H and O–H groups in total. The summed E-state index contributed by atoms with van der Waals surface area (Å²) < 4.78 is 32.8. The van der Waals surface area contributed by atoms with Crippen molar-refractivity contribution in [2.45, 2.75) is 51.3 Å². The summed E-state index contributed by atoms with van der Waals surface area (Å²) in [5.74, 6) is -2.35. The van der Waals surface area contributed by atoms with Crippen LogP contribution in [0.5, 0.6) is 0 Å². The van der Waals surface area contributed by atoms with Gasteiger partial charge in [-0.1, -0.05) is 11.6 Å². The van der Waals surface area contributed by atoms with E-state index in [2.05, 4.69) is 0 Å². The number of aliphatic carboxylic acids is 1. The number of halogens is 1. The predicted octanol–water partition coefficient (Wildman–Crippen LogP) is 3.30. The van der Waals surface area contributed by atoms with Gasteiger partial charge in [-0.2, -0.15) is 0 Å². The van der Waals surface area contributed by atoms with E-state index in [1.165, 1.54) is 37.1 Å². The van der Waals surface area contributed by atoms with Gasteiger partial charge in [-0.25, -0.2) is 17.8 Å². The van der Waals surface area contributed by atoms with Crippen LogP contribution in [0.3, 0.4) is 0 Å². The van der Waals surface area contributed by atoms with Crippen LogP contribution < -0.4 is 0 Å². The minimum absolute atomic E-state index is 0.135. The summed E-state index contributed by atoms with van der Waals surface area (Å²) >= 11 is 6.12. The topological polar surface area (TPSA) is 123 Å². The van der Waals surface area contributed by atoms with E-state index in [-0.39, 0.29) is 23.5 Å². The lowest BCUT2D eigenvalue weighted by molar-refractivity contribution is -0.136. The van der Waals surface area contributed by atoms with E-state index in [0.717, 1.165) is 4.57 Å². The Hall–Kier alpha value is -2.59. The van der Waals surface area contributed by atoms with Crippen molar-refractivity contribution in [3.63, 3.8) is 0 Å². The number of aromatic nitrogens is 1. The molecule has 0 aliphatic heterocycles. The number of carbonyl (C=O) groups is 3. The minimum atomic E-state index is -4.26. The Morgan fingerprint density at radius 3 is 2.35 bits per heavy atom. The molecule has 11 heteroatoms. The number of rotatable bonds is 6. The van der Waals surface area contributed by atoms with Crippen molar-refractivity contribution in [2.75, 3.05) is 12.8 Å². The molecule has 1 aromatic carbocycles. The second-order valence-corrected chi connectivity index (χ2v) is 10.6. The maximum atomic E-state index is 13.2. The van der Waals surface area contributed by atoms with Gasteiger partial charge in [-0.15, -0.1) is 0 Å². The van der Waals surface area contributed by atoms with Crippen LogP contribution in [-0.4, -0.2) is 59.4 Å². The number of hydrogen-bond donors (Lipinski definition) is 1. The van der Waals surface area contributed by atoms with E-state index in [4.69, 9.17) is 21.4 Å². The molecule has 1 amide bonds. The average molecular weight is 473 g/mol. The highest BCUT2D eigenvalue weighted by Gasteiger charge is 2.33. The SMILES string of the molecule is CC(=O)N(C)Cc1c(S(=O)(=O)CCC(=O)O)n(C(=O)OC(C)(C)C)c2ccc(Cl)cc12. The first kappa shape index (κ1) is 24.7. The lowest BCUT2D eigenvalue weighted by Gasteiger charge is -2.21. The summed E-state index contributed by atoms with van der Waals surface area (Å²) in [6.45, 7) is 6.09. The van der Waals surface area contributed by atoms with Gasteiger partial charge in [-0.05, 0) is 39.0 Å². The number of amides is 1. The molecule has 0 bridgehead atoms. The molecule has 170 valence electrons. The van der Waals surface area contributed by atoms with Gasteiger partial charge in [0.2, 0.25) is 5.91 Å². The molecular weight excluding hydrogens is 448 g/mol. The number of carboxylic acids is 1. The molecule has 1 heterocycles. The molecule has 0 unspecified atom stereocenters. The molecule has 0 atom stereocenters. The van der Waals surface area contributed by atoms with E-state index in [1.54, 1.807) is 20.8 Å². The summed E-state index contributed by atoms with van der Waals surface area (Å²) in [5.41, 5.74) is -0.538. The van der Waals surface area contributed by atoms with Gasteiger partial charge >= 0.3 is 12.1 Å². The Morgan fingerprint density at radius 2 is 1.84 bits per heavy atom. The van der Waals surface area contributed by atoms with E-state index >= 15 is 0 Å². The van der Waals surface area contributed by atoms with Gasteiger partial charge in [0.05, 0.1) is 17.7 Å². The molecular formula is C20H25ClN2O7S. The highest BCUT2D eigenvalue weighted by Crippen LogP contribution is 2.34. The smallest absolute Gasteiger partial charge is 0.420 e. The van der Waals surface area contributed by atoms with Crippen LogP contribution in [0.2, 0.25) is 5.02 Å². The zero-order valence-electron chi connectivity index (χ0n) is 17.9. The molecule has 2 rings (SSSR count). The fraction of sp³-hybridized carbons (Fsp3) is 0.450. The maximum absolute atomic E-state index is 13.2. The predicted molar refractivity (Wildman–Crippen MR) is 115 cm³/mol. The molecule has 0 saturated carbocycles. The quantitative estimate of drug-likeness (QED) is 0.684. The van der Waals surface area contributed by atoms with Crippen LogP contribution in [-0.2, 0) is 30.7 Å². The zero-order chi connectivity index (χ0) is 23.7. The molecule has 0 spiro atoms. The number of nitrogens with zero attached hydrogens (tertiary/aromatic N) is 2. The Balaban J connectivity index is 2.89. The third kappa shape index (κ3) is 5.76. The third-order valence-corrected chi connectivity index (χ3v) is 6.37. The van der Waals surface area contributed by atoms with Crippen molar-refractivity contribution in [3.8, 4) is 0 Å². The van der Waals surface area contributed by atoms with Crippen LogP contribution in [0, 0.1) is 0 Å². The lowest BCUT2D eigenvalue weighted by Crippen LogP contribution is -2.30. The average Bonchev–Trinajstić information content (AvgIpc) is 2.93. The largest absolute Gasteiger partial charge is 0.481 e. The molecule has 9 nitrogen and oxygen atoms in total. The van der Waals surface area contributed by atoms with E-state index in [9.17, 15) is 22.8 Å². The van der Waals surface area contributed by atoms with E-state index < -0.39 is 44.7 Å². The summed E-state index contributed by atoms with van der Waals surface area (Å²) in [6, 6.07) is 4.48. The second kappa shape index (κ2) is 8.88. The fourth-order valence-corrected chi connectivity index (χ4v) is 4.75. The van der Waals surface area contributed by atoms with Crippen LogP contribution in [0.15, 0.2) is 23.2 Å². The van der Waals surface area contributed by atoms with Crippen molar-refractivity contribution in [1.29, 1.82) is 0 Å². The van der Waals surface area contributed by atoms with Crippen LogP contribution >= 0.6 is 11.6 Å². The number of hydrogen-bond acceptors (Lipinski definition) is 6. The van der Waals surface area contributed by atoms with Gasteiger partial charge in [0.25, 0.3) is 0 Å². The molecule has 31 heavy (non-hydrogen) atoms. The van der Waals surface area contributed by atoms with Gasteiger partial charge in [-0.3, -0.25) is 9.59 Å². The van der Waals surface area contributed by atoms with Crippen LogP contribution in [0.1, 0.15) is 39.7 Å². The molecule has 0 saturated heterocycles. The first-order valence-corrected chi connectivity index (χ1v) is 11.4. The Kier molecular flexibility index (Phi) is 7.07. The highest BCUT2D eigenvalue weighted by atomic mass is 35.5.